The smallest absolute Gasteiger partial charge is 0.0839 e. The van der Waals surface area contributed by atoms with Gasteiger partial charge in [-0.25, -0.2) is 0 Å². The zero-order chi connectivity index (χ0) is 10.4. The zero-order valence-electron chi connectivity index (χ0n) is 9.01. The number of nitroso groups, excluding NO2 is 1. The standard InChI is InChI=1S/C12H19NO2/c14-6-9-3-8-4-11(9)12-2-7(5-13-15)1-10(8)12/h7-12,14H,1-6H2. The lowest BCUT2D eigenvalue weighted by atomic mass is 9.76. The van der Waals surface area contributed by atoms with Crippen molar-refractivity contribution in [2.45, 2.75) is 25.7 Å². The molecule has 3 nitrogen and oxygen atoms in total. The first-order valence-corrected chi connectivity index (χ1v) is 6.23. The van der Waals surface area contributed by atoms with Crippen LogP contribution in [0.5, 0.6) is 0 Å². The van der Waals surface area contributed by atoms with Crippen LogP contribution in [0.25, 0.3) is 0 Å². The lowest BCUT2D eigenvalue weighted by Crippen LogP contribution is -2.26. The van der Waals surface area contributed by atoms with Crippen molar-refractivity contribution in [3.05, 3.63) is 4.91 Å². The molecule has 3 rings (SSSR count). The lowest BCUT2D eigenvalue weighted by molar-refractivity contribution is 0.121. The van der Waals surface area contributed by atoms with Crippen molar-refractivity contribution in [2.75, 3.05) is 13.2 Å². The summed E-state index contributed by atoms with van der Waals surface area (Å²) < 4.78 is 0. The number of fused-ring (bicyclic) bond motifs is 5. The van der Waals surface area contributed by atoms with Crippen molar-refractivity contribution < 1.29 is 5.11 Å². The Morgan fingerprint density at radius 1 is 1.07 bits per heavy atom. The number of aliphatic hydroxyl groups excluding tert-OH is 1. The number of hydrogen-bond donors (Lipinski definition) is 1. The molecule has 0 amide bonds. The van der Waals surface area contributed by atoms with E-state index >= 15 is 0 Å². The monoisotopic (exact) mass is 209 g/mol. The van der Waals surface area contributed by atoms with Gasteiger partial charge in [0.2, 0.25) is 0 Å². The minimum Gasteiger partial charge on any atom is -0.396 e. The van der Waals surface area contributed by atoms with Crippen LogP contribution in [0.1, 0.15) is 25.7 Å². The zero-order valence-corrected chi connectivity index (χ0v) is 9.01. The highest BCUT2D eigenvalue weighted by Crippen LogP contribution is 2.61. The number of aliphatic hydroxyl groups is 1. The van der Waals surface area contributed by atoms with Gasteiger partial charge < -0.3 is 5.11 Å². The molecule has 0 aliphatic heterocycles. The van der Waals surface area contributed by atoms with Crippen LogP contribution < -0.4 is 0 Å². The molecule has 0 aromatic rings. The molecule has 6 unspecified atom stereocenters. The Hall–Kier alpha value is -0.440. The van der Waals surface area contributed by atoms with Gasteiger partial charge in [0.1, 0.15) is 0 Å². The van der Waals surface area contributed by atoms with E-state index in [9.17, 15) is 10.0 Å². The first-order valence-electron chi connectivity index (χ1n) is 6.23. The Bertz CT molecular complexity index is 266. The highest BCUT2D eigenvalue weighted by atomic mass is 16.3. The summed E-state index contributed by atoms with van der Waals surface area (Å²) in [6.45, 7) is 0.900. The van der Waals surface area contributed by atoms with E-state index in [1.165, 1.54) is 25.7 Å². The summed E-state index contributed by atoms with van der Waals surface area (Å²) in [5, 5.41) is 12.4. The molecule has 0 spiro atoms. The largest absolute Gasteiger partial charge is 0.396 e. The molecule has 0 radical (unpaired) electrons. The molecule has 0 heterocycles. The number of rotatable bonds is 3. The molecule has 6 atom stereocenters. The van der Waals surface area contributed by atoms with Crippen LogP contribution in [0.3, 0.4) is 0 Å². The summed E-state index contributed by atoms with van der Waals surface area (Å²) in [6, 6.07) is 0. The van der Waals surface area contributed by atoms with Crippen molar-refractivity contribution in [1.29, 1.82) is 0 Å². The van der Waals surface area contributed by atoms with Gasteiger partial charge >= 0.3 is 0 Å². The molecule has 3 aliphatic carbocycles. The molecule has 3 heteroatoms. The Morgan fingerprint density at radius 3 is 2.60 bits per heavy atom. The van der Waals surface area contributed by atoms with Crippen molar-refractivity contribution >= 4 is 0 Å². The predicted octanol–water partition coefficient (Wildman–Crippen LogP) is 2.04. The SMILES string of the molecule is O=NCC1CC2C3CC(CO)C(C3)C2C1. The van der Waals surface area contributed by atoms with Gasteiger partial charge in [0.25, 0.3) is 0 Å². The third kappa shape index (κ3) is 1.36. The van der Waals surface area contributed by atoms with E-state index in [1.807, 2.05) is 0 Å². The normalized spacial score (nSPS) is 52.1. The Kier molecular flexibility index (Phi) is 2.31. The van der Waals surface area contributed by atoms with E-state index in [4.69, 9.17) is 0 Å². The van der Waals surface area contributed by atoms with Crippen molar-refractivity contribution in [2.24, 2.45) is 40.7 Å². The molecule has 2 bridgehead atoms. The molecular weight excluding hydrogens is 190 g/mol. The molecule has 1 N–H and O–H groups in total. The topological polar surface area (TPSA) is 49.7 Å². The van der Waals surface area contributed by atoms with Crippen molar-refractivity contribution in [3.8, 4) is 0 Å². The van der Waals surface area contributed by atoms with Gasteiger partial charge in [0.15, 0.2) is 0 Å². The molecule has 0 saturated heterocycles. The van der Waals surface area contributed by atoms with E-state index in [1.54, 1.807) is 0 Å². The quantitative estimate of drug-likeness (QED) is 0.723. The van der Waals surface area contributed by atoms with Gasteiger partial charge in [-0.05, 0) is 61.2 Å². The molecule has 0 aromatic heterocycles. The Morgan fingerprint density at radius 2 is 1.87 bits per heavy atom. The van der Waals surface area contributed by atoms with Crippen LogP contribution in [0.15, 0.2) is 5.18 Å². The predicted molar refractivity (Wildman–Crippen MR) is 57.2 cm³/mol. The van der Waals surface area contributed by atoms with E-state index in [2.05, 4.69) is 5.18 Å². The highest BCUT2D eigenvalue weighted by molar-refractivity contribution is 5.04. The second-order valence-corrected chi connectivity index (χ2v) is 5.81. The maximum Gasteiger partial charge on any atom is 0.0839 e. The molecule has 84 valence electrons. The summed E-state index contributed by atoms with van der Waals surface area (Å²) in [5.74, 6) is 4.42. The van der Waals surface area contributed by atoms with Gasteiger partial charge in [-0.3, -0.25) is 0 Å². The maximum atomic E-state index is 10.3. The van der Waals surface area contributed by atoms with Crippen LogP contribution in [0, 0.1) is 40.4 Å². The van der Waals surface area contributed by atoms with Gasteiger partial charge in [0.05, 0.1) is 6.54 Å². The van der Waals surface area contributed by atoms with Crippen molar-refractivity contribution in [1.82, 2.24) is 0 Å². The van der Waals surface area contributed by atoms with Crippen LogP contribution in [0.4, 0.5) is 0 Å². The van der Waals surface area contributed by atoms with Crippen LogP contribution >= 0.6 is 0 Å². The molecule has 3 saturated carbocycles. The maximum absolute atomic E-state index is 10.3. The van der Waals surface area contributed by atoms with Gasteiger partial charge in [-0.1, -0.05) is 5.18 Å². The fourth-order valence-electron chi connectivity index (χ4n) is 4.79. The van der Waals surface area contributed by atoms with Gasteiger partial charge in [0, 0.05) is 6.61 Å². The summed E-state index contributed by atoms with van der Waals surface area (Å²) in [6.07, 6.45) is 5.02. The summed E-state index contributed by atoms with van der Waals surface area (Å²) in [4.78, 5) is 10.3. The molecule has 3 fully saturated rings. The van der Waals surface area contributed by atoms with E-state index in [0.717, 1.165) is 23.7 Å². The minimum absolute atomic E-state index is 0.376. The Labute approximate surface area is 90.2 Å². The first kappa shape index (κ1) is 9.76. The van der Waals surface area contributed by atoms with Crippen molar-refractivity contribution in [3.63, 3.8) is 0 Å². The second-order valence-electron chi connectivity index (χ2n) is 5.81. The summed E-state index contributed by atoms with van der Waals surface area (Å²) in [5.41, 5.74) is 0. The molecule has 0 aromatic carbocycles. The van der Waals surface area contributed by atoms with E-state index in [-0.39, 0.29) is 0 Å². The number of hydrogen-bond acceptors (Lipinski definition) is 3. The lowest BCUT2D eigenvalue weighted by Gasteiger charge is -2.30. The second kappa shape index (κ2) is 3.55. The summed E-state index contributed by atoms with van der Waals surface area (Å²) >= 11 is 0. The van der Waals surface area contributed by atoms with Crippen LogP contribution in [-0.4, -0.2) is 18.3 Å². The molecule has 3 aliphatic rings. The fraction of sp³-hybridized carbons (Fsp3) is 1.00. The summed E-state index contributed by atoms with van der Waals surface area (Å²) in [7, 11) is 0. The average Bonchev–Trinajstić information content (AvgIpc) is 2.85. The van der Waals surface area contributed by atoms with Crippen LogP contribution in [0.2, 0.25) is 0 Å². The molecular formula is C12H19NO2. The average molecular weight is 209 g/mol. The third-order valence-corrected chi connectivity index (χ3v) is 5.27. The Balaban J connectivity index is 1.71. The van der Waals surface area contributed by atoms with Crippen LogP contribution in [-0.2, 0) is 0 Å². The molecule has 15 heavy (non-hydrogen) atoms. The minimum atomic E-state index is 0.376. The first-order chi connectivity index (χ1) is 7.33. The number of nitrogens with zero attached hydrogens (tertiary/aromatic N) is 1. The van der Waals surface area contributed by atoms with E-state index < -0.39 is 0 Å². The van der Waals surface area contributed by atoms with Gasteiger partial charge in [-0.15, -0.1) is 0 Å². The third-order valence-electron chi connectivity index (χ3n) is 5.27. The van der Waals surface area contributed by atoms with E-state index in [0.29, 0.717) is 25.0 Å². The highest BCUT2D eigenvalue weighted by Gasteiger charge is 2.55. The van der Waals surface area contributed by atoms with Gasteiger partial charge in [-0.2, -0.15) is 4.91 Å². The fourth-order valence-corrected chi connectivity index (χ4v) is 4.79.